The zero-order valence-electron chi connectivity index (χ0n) is 14.0. The number of morpholine rings is 1. The summed E-state index contributed by atoms with van der Waals surface area (Å²) in [6.07, 6.45) is 0. The van der Waals surface area contributed by atoms with E-state index in [1.54, 1.807) is 7.11 Å². The lowest BCUT2D eigenvalue weighted by Crippen LogP contribution is -2.51. The van der Waals surface area contributed by atoms with Crippen LogP contribution in [0.4, 0.5) is 5.69 Å². The topological polar surface area (TPSA) is 72.1 Å². The van der Waals surface area contributed by atoms with Crippen LogP contribution in [-0.2, 0) is 4.74 Å². The molecule has 0 aliphatic carbocycles. The molecule has 6 nitrogen and oxygen atoms in total. The molecule has 0 bridgehead atoms. The van der Waals surface area contributed by atoms with E-state index in [2.05, 4.69) is 29.1 Å². The van der Waals surface area contributed by atoms with Crippen LogP contribution < -0.4 is 15.8 Å². The molecule has 1 aliphatic rings. The minimum atomic E-state index is -0.0448. The first-order valence-corrected chi connectivity index (χ1v) is 7.56. The average molecular weight is 434 g/mol. The number of ether oxygens (including phenoxy) is 2. The van der Waals surface area contributed by atoms with E-state index in [9.17, 15) is 0 Å². The summed E-state index contributed by atoms with van der Waals surface area (Å²) in [6, 6.07) is 7.64. The van der Waals surface area contributed by atoms with Crippen molar-refractivity contribution in [3.05, 3.63) is 24.3 Å². The standard InChI is InChI=1S/C16H26N4O2.HI/c1-16(2,20-8-10-22-11-9-20)12-18-15(17)19-13-6-4-5-7-14(13)21-3;/h4-7H,8-12H2,1-3H3,(H3,17,18,19);1H. The maximum atomic E-state index is 6.01. The molecule has 0 amide bonds. The van der Waals surface area contributed by atoms with Crippen molar-refractivity contribution in [3.8, 4) is 5.75 Å². The lowest BCUT2D eigenvalue weighted by molar-refractivity contribution is -0.00680. The normalized spacial score (nSPS) is 16.6. The first-order valence-electron chi connectivity index (χ1n) is 7.56. The number of para-hydroxylation sites is 2. The molecule has 0 saturated carbocycles. The van der Waals surface area contributed by atoms with E-state index in [0.29, 0.717) is 12.5 Å². The van der Waals surface area contributed by atoms with Crippen molar-refractivity contribution >= 4 is 35.6 Å². The fraction of sp³-hybridized carbons (Fsp3) is 0.562. The summed E-state index contributed by atoms with van der Waals surface area (Å²) < 4.78 is 10.7. The molecule has 23 heavy (non-hydrogen) atoms. The van der Waals surface area contributed by atoms with Crippen LogP contribution in [0.3, 0.4) is 0 Å². The zero-order chi connectivity index (χ0) is 16.0. The lowest BCUT2D eigenvalue weighted by atomic mass is 10.0. The number of benzene rings is 1. The molecular formula is C16H27IN4O2. The number of methoxy groups -OCH3 is 1. The van der Waals surface area contributed by atoms with Crippen LogP contribution in [0.2, 0.25) is 0 Å². The molecule has 130 valence electrons. The quantitative estimate of drug-likeness (QED) is 0.422. The summed E-state index contributed by atoms with van der Waals surface area (Å²) >= 11 is 0. The molecule has 1 heterocycles. The van der Waals surface area contributed by atoms with Gasteiger partial charge in [0, 0.05) is 18.6 Å². The molecule has 1 aromatic carbocycles. The Kier molecular flexibility index (Phi) is 8.07. The molecule has 3 N–H and O–H groups in total. The van der Waals surface area contributed by atoms with E-state index in [-0.39, 0.29) is 29.5 Å². The Morgan fingerprint density at radius 3 is 2.65 bits per heavy atom. The highest BCUT2D eigenvalue weighted by atomic mass is 127. The van der Waals surface area contributed by atoms with Gasteiger partial charge in [0.1, 0.15) is 5.75 Å². The van der Waals surface area contributed by atoms with Crippen LogP contribution in [0.5, 0.6) is 5.75 Å². The number of hydrogen-bond donors (Lipinski definition) is 2. The van der Waals surface area contributed by atoms with Crippen LogP contribution in [0, 0.1) is 0 Å². The van der Waals surface area contributed by atoms with Gasteiger partial charge in [-0.2, -0.15) is 0 Å². The molecule has 2 rings (SSSR count). The van der Waals surface area contributed by atoms with E-state index in [4.69, 9.17) is 15.2 Å². The van der Waals surface area contributed by atoms with Gasteiger partial charge in [-0.1, -0.05) is 12.1 Å². The molecule has 7 heteroatoms. The number of nitrogens with zero attached hydrogens (tertiary/aromatic N) is 2. The molecule has 1 saturated heterocycles. The van der Waals surface area contributed by atoms with Gasteiger partial charge in [0.2, 0.25) is 0 Å². The molecular weight excluding hydrogens is 407 g/mol. The third-order valence-electron chi connectivity index (χ3n) is 3.87. The molecule has 0 spiro atoms. The molecule has 0 aromatic heterocycles. The highest BCUT2D eigenvalue weighted by molar-refractivity contribution is 14.0. The van der Waals surface area contributed by atoms with Gasteiger partial charge in [-0.15, -0.1) is 24.0 Å². The van der Waals surface area contributed by atoms with Crippen LogP contribution in [-0.4, -0.2) is 56.4 Å². The number of guanidine groups is 1. The van der Waals surface area contributed by atoms with Gasteiger partial charge in [-0.25, -0.2) is 0 Å². The van der Waals surface area contributed by atoms with Gasteiger partial charge in [0.05, 0.1) is 32.6 Å². The molecule has 0 unspecified atom stereocenters. The maximum absolute atomic E-state index is 6.01. The van der Waals surface area contributed by atoms with Crippen molar-refractivity contribution in [1.29, 1.82) is 0 Å². The van der Waals surface area contributed by atoms with Crippen LogP contribution in [0.25, 0.3) is 0 Å². The Morgan fingerprint density at radius 2 is 2.00 bits per heavy atom. The fourth-order valence-corrected chi connectivity index (χ4v) is 2.47. The SMILES string of the molecule is COc1ccccc1NC(N)=NCC(C)(C)N1CCOCC1.I. The van der Waals surface area contributed by atoms with E-state index >= 15 is 0 Å². The highest BCUT2D eigenvalue weighted by Gasteiger charge is 2.27. The van der Waals surface area contributed by atoms with Gasteiger partial charge in [0.15, 0.2) is 5.96 Å². The van der Waals surface area contributed by atoms with Crippen molar-refractivity contribution in [3.63, 3.8) is 0 Å². The number of nitrogens with two attached hydrogens (primary N) is 1. The van der Waals surface area contributed by atoms with E-state index in [1.165, 1.54) is 0 Å². The smallest absolute Gasteiger partial charge is 0.193 e. The molecule has 1 aromatic rings. The first kappa shape index (κ1) is 20.0. The Hall–Kier alpha value is -1.06. The second-order valence-corrected chi connectivity index (χ2v) is 5.94. The van der Waals surface area contributed by atoms with E-state index in [0.717, 1.165) is 37.7 Å². The highest BCUT2D eigenvalue weighted by Crippen LogP contribution is 2.23. The van der Waals surface area contributed by atoms with Crippen molar-refractivity contribution < 1.29 is 9.47 Å². The van der Waals surface area contributed by atoms with Crippen molar-refractivity contribution in [2.75, 3.05) is 45.3 Å². The summed E-state index contributed by atoms with van der Waals surface area (Å²) in [5.74, 6) is 1.14. The van der Waals surface area contributed by atoms with E-state index < -0.39 is 0 Å². The third kappa shape index (κ3) is 5.82. The minimum Gasteiger partial charge on any atom is -0.495 e. The predicted molar refractivity (Wildman–Crippen MR) is 105 cm³/mol. The first-order chi connectivity index (χ1) is 10.5. The summed E-state index contributed by atoms with van der Waals surface area (Å²) in [6.45, 7) is 8.41. The number of nitrogens with one attached hydrogen (secondary N) is 1. The summed E-state index contributed by atoms with van der Waals surface area (Å²) in [4.78, 5) is 6.87. The Balaban J connectivity index is 0.00000264. The molecule has 0 radical (unpaired) electrons. The largest absolute Gasteiger partial charge is 0.495 e. The van der Waals surface area contributed by atoms with Gasteiger partial charge in [-0.3, -0.25) is 9.89 Å². The number of anilines is 1. The molecule has 1 aliphatic heterocycles. The predicted octanol–water partition coefficient (Wildman–Crippen LogP) is 2.15. The Bertz CT molecular complexity index is 517. The Morgan fingerprint density at radius 1 is 1.35 bits per heavy atom. The van der Waals surface area contributed by atoms with Crippen molar-refractivity contribution in [2.45, 2.75) is 19.4 Å². The maximum Gasteiger partial charge on any atom is 0.193 e. The second kappa shape index (κ2) is 9.29. The summed E-state index contributed by atoms with van der Waals surface area (Å²) in [5, 5.41) is 3.10. The monoisotopic (exact) mass is 434 g/mol. The van der Waals surface area contributed by atoms with Crippen molar-refractivity contribution in [2.24, 2.45) is 10.7 Å². The lowest BCUT2D eigenvalue weighted by Gasteiger charge is -2.39. The summed E-state index contributed by atoms with van der Waals surface area (Å²) in [5.41, 5.74) is 6.78. The average Bonchev–Trinajstić information content (AvgIpc) is 2.54. The van der Waals surface area contributed by atoms with Gasteiger partial charge in [-0.05, 0) is 26.0 Å². The third-order valence-corrected chi connectivity index (χ3v) is 3.87. The molecule has 0 atom stereocenters. The summed E-state index contributed by atoms with van der Waals surface area (Å²) in [7, 11) is 1.63. The van der Waals surface area contributed by atoms with Gasteiger partial charge in [0.25, 0.3) is 0 Å². The molecule has 1 fully saturated rings. The number of aliphatic imine (C=N–C) groups is 1. The fourth-order valence-electron chi connectivity index (χ4n) is 2.47. The van der Waals surface area contributed by atoms with Crippen LogP contribution >= 0.6 is 24.0 Å². The van der Waals surface area contributed by atoms with Crippen LogP contribution in [0.15, 0.2) is 29.3 Å². The number of rotatable bonds is 5. The van der Waals surface area contributed by atoms with Gasteiger partial charge < -0.3 is 20.5 Å². The Labute approximate surface area is 155 Å². The number of halogens is 1. The second-order valence-electron chi connectivity index (χ2n) is 5.94. The van der Waals surface area contributed by atoms with E-state index in [1.807, 2.05) is 24.3 Å². The van der Waals surface area contributed by atoms with Gasteiger partial charge >= 0.3 is 0 Å². The van der Waals surface area contributed by atoms with Crippen molar-refractivity contribution in [1.82, 2.24) is 4.90 Å². The zero-order valence-corrected chi connectivity index (χ0v) is 16.4. The van der Waals surface area contributed by atoms with Crippen LogP contribution in [0.1, 0.15) is 13.8 Å². The minimum absolute atomic E-state index is 0. The number of hydrogen-bond acceptors (Lipinski definition) is 4.